The molecule has 0 aliphatic carbocycles. The summed E-state index contributed by atoms with van der Waals surface area (Å²) in [5, 5.41) is 9.56. The first kappa shape index (κ1) is 18.8. The van der Waals surface area contributed by atoms with E-state index in [-0.39, 0.29) is 17.5 Å². The van der Waals surface area contributed by atoms with Gasteiger partial charge in [0.1, 0.15) is 5.52 Å². The Morgan fingerprint density at radius 1 is 1.09 bits per heavy atom. The minimum Gasteiger partial charge on any atom is -0.368 e. The van der Waals surface area contributed by atoms with Gasteiger partial charge in [-0.15, -0.1) is 0 Å². The predicted molar refractivity (Wildman–Crippen MR) is 120 cm³/mol. The molecule has 1 saturated heterocycles. The molecule has 10 nitrogen and oxygen atoms in total. The van der Waals surface area contributed by atoms with Crippen molar-refractivity contribution in [3.05, 3.63) is 76.1 Å². The number of nitrogen functional groups attached to an aromatic ring is 1. The molecule has 5 heterocycles. The highest BCUT2D eigenvalue weighted by Crippen LogP contribution is 2.35. The summed E-state index contributed by atoms with van der Waals surface area (Å²) in [5.74, 6) is 1.33. The Kier molecular flexibility index (Phi) is 4.15. The molecule has 1 atom stereocenters. The zero-order valence-corrected chi connectivity index (χ0v) is 17.6. The summed E-state index contributed by atoms with van der Waals surface area (Å²) in [6, 6.07) is 12.7. The molecule has 0 spiro atoms. The standard InChI is InChI=1S/C21H18ClN9O/c22-14-9-12-29-17(14)19(32)30(13-5-2-1-3-6-13)18(27-29)15-7-4-11-28(15)21-26-20(23)25-16-8-10-24-31(16)21/h1-3,5-6,8-10,12,15H,4,7,11H2,(H2,23,25). The Hall–Kier alpha value is -3.92. The van der Waals surface area contributed by atoms with Gasteiger partial charge in [-0.25, -0.2) is 4.52 Å². The quantitative estimate of drug-likeness (QED) is 0.452. The van der Waals surface area contributed by atoms with Crippen LogP contribution in [0.1, 0.15) is 24.7 Å². The van der Waals surface area contributed by atoms with Crippen molar-refractivity contribution in [1.29, 1.82) is 0 Å². The van der Waals surface area contributed by atoms with Gasteiger partial charge in [0.05, 0.1) is 22.9 Å². The summed E-state index contributed by atoms with van der Waals surface area (Å²) in [4.78, 5) is 24.4. The molecule has 160 valence electrons. The van der Waals surface area contributed by atoms with Crippen LogP contribution in [0.4, 0.5) is 11.9 Å². The van der Waals surface area contributed by atoms with Gasteiger partial charge < -0.3 is 10.6 Å². The highest BCUT2D eigenvalue weighted by Gasteiger charge is 2.34. The molecular weight excluding hydrogens is 430 g/mol. The third-order valence-corrected chi connectivity index (χ3v) is 6.05. The number of anilines is 2. The van der Waals surface area contributed by atoms with Crippen LogP contribution in [0.3, 0.4) is 0 Å². The fourth-order valence-electron chi connectivity index (χ4n) is 4.38. The monoisotopic (exact) mass is 447 g/mol. The van der Waals surface area contributed by atoms with Gasteiger partial charge in [0.25, 0.3) is 5.56 Å². The number of hydrogen-bond acceptors (Lipinski definition) is 7. The molecule has 1 aliphatic heterocycles. The van der Waals surface area contributed by atoms with E-state index in [9.17, 15) is 4.79 Å². The lowest BCUT2D eigenvalue weighted by atomic mass is 10.2. The van der Waals surface area contributed by atoms with E-state index in [0.29, 0.717) is 34.5 Å². The SMILES string of the molecule is Nc1nc(N2CCCC2c2nn3ccc(Cl)c3c(=O)n2-c2ccccc2)n2nccc2n1. The molecule has 0 radical (unpaired) electrons. The molecule has 1 aromatic carbocycles. The summed E-state index contributed by atoms with van der Waals surface area (Å²) < 4.78 is 4.84. The number of nitrogens with two attached hydrogens (primary N) is 1. The van der Waals surface area contributed by atoms with Crippen LogP contribution in [0.15, 0.2) is 59.7 Å². The van der Waals surface area contributed by atoms with Crippen molar-refractivity contribution in [3.8, 4) is 5.69 Å². The van der Waals surface area contributed by atoms with Crippen LogP contribution >= 0.6 is 11.6 Å². The van der Waals surface area contributed by atoms with Gasteiger partial charge >= 0.3 is 0 Å². The Labute approximate surface area is 186 Å². The Morgan fingerprint density at radius 2 is 1.94 bits per heavy atom. The van der Waals surface area contributed by atoms with E-state index in [1.165, 1.54) is 0 Å². The molecule has 1 unspecified atom stereocenters. The van der Waals surface area contributed by atoms with Crippen LogP contribution in [-0.2, 0) is 0 Å². The maximum absolute atomic E-state index is 13.6. The number of nitrogens with zero attached hydrogens (tertiary/aromatic N) is 8. The number of halogens is 1. The van der Waals surface area contributed by atoms with E-state index < -0.39 is 0 Å². The summed E-state index contributed by atoms with van der Waals surface area (Å²) in [6.07, 6.45) is 5.04. The lowest BCUT2D eigenvalue weighted by Gasteiger charge is -2.27. The molecule has 1 fully saturated rings. The fraction of sp³-hybridized carbons (Fsp3) is 0.190. The van der Waals surface area contributed by atoms with Crippen molar-refractivity contribution in [2.24, 2.45) is 0 Å². The number of rotatable bonds is 3. The van der Waals surface area contributed by atoms with Crippen LogP contribution < -0.4 is 16.2 Å². The van der Waals surface area contributed by atoms with E-state index in [4.69, 9.17) is 22.4 Å². The molecule has 0 saturated carbocycles. The van der Waals surface area contributed by atoms with Crippen molar-refractivity contribution in [2.75, 3.05) is 17.2 Å². The third kappa shape index (κ3) is 2.76. The van der Waals surface area contributed by atoms with Gasteiger partial charge in [-0.05, 0) is 31.0 Å². The van der Waals surface area contributed by atoms with Crippen LogP contribution in [0.25, 0.3) is 16.9 Å². The zero-order chi connectivity index (χ0) is 21.8. The van der Waals surface area contributed by atoms with Crippen molar-refractivity contribution in [1.82, 2.24) is 33.8 Å². The highest BCUT2D eigenvalue weighted by atomic mass is 35.5. The zero-order valence-electron chi connectivity index (χ0n) is 16.8. The van der Waals surface area contributed by atoms with Gasteiger partial charge in [-0.3, -0.25) is 9.36 Å². The molecule has 6 rings (SSSR count). The van der Waals surface area contributed by atoms with E-state index in [1.807, 2.05) is 30.3 Å². The molecule has 5 aromatic rings. The first-order valence-corrected chi connectivity index (χ1v) is 10.6. The fourth-order valence-corrected chi connectivity index (χ4v) is 4.60. The largest absolute Gasteiger partial charge is 0.368 e. The summed E-state index contributed by atoms with van der Waals surface area (Å²) >= 11 is 6.32. The summed E-state index contributed by atoms with van der Waals surface area (Å²) in [5.41, 5.74) is 7.42. The normalized spacial score (nSPS) is 16.4. The second kappa shape index (κ2) is 7.06. The average Bonchev–Trinajstić information content (AvgIpc) is 3.53. The molecule has 0 amide bonds. The number of hydrogen-bond donors (Lipinski definition) is 1. The van der Waals surface area contributed by atoms with E-state index >= 15 is 0 Å². The Morgan fingerprint density at radius 3 is 2.78 bits per heavy atom. The van der Waals surface area contributed by atoms with Crippen molar-refractivity contribution >= 4 is 34.7 Å². The van der Waals surface area contributed by atoms with Gasteiger partial charge in [0, 0.05) is 18.8 Å². The Balaban J connectivity index is 1.60. The van der Waals surface area contributed by atoms with Gasteiger partial charge in [-0.2, -0.15) is 24.7 Å². The lowest BCUT2D eigenvalue weighted by molar-refractivity contribution is 0.591. The van der Waals surface area contributed by atoms with E-state index in [0.717, 1.165) is 18.5 Å². The summed E-state index contributed by atoms with van der Waals surface area (Å²) in [6.45, 7) is 0.714. The second-order valence-electron chi connectivity index (χ2n) is 7.63. The second-order valence-corrected chi connectivity index (χ2v) is 8.03. The molecule has 32 heavy (non-hydrogen) atoms. The molecule has 11 heteroatoms. The maximum atomic E-state index is 13.6. The molecule has 1 aliphatic rings. The van der Waals surface area contributed by atoms with Gasteiger partial charge in [0.2, 0.25) is 11.9 Å². The number of para-hydroxylation sites is 1. The lowest BCUT2D eigenvalue weighted by Crippen LogP contribution is -2.34. The first-order valence-electron chi connectivity index (χ1n) is 10.2. The van der Waals surface area contributed by atoms with Crippen LogP contribution in [0, 0.1) is 0 Å². The average molecular weight is 448 g/mol. The minimum atomic E-state index is -0.227. The molecule has 0 bridgehead atoms. The smallest absolute Gasteiger partial charge is 0.284 e. The van der Waals surface area contributed by atoms with Crippen molar-refractivity contribution in [3.63, 3.8) is 0 Å². The topological polar surface area (TPSA) is 112 Å². The predicted octanol–water partition coefficient (Wildman–Crippen LogP) is 2.50. The summed E-state index contributed by atoms with van der Waals surface area (Å²) in [7, 11) is 0. The van der Waals surface area contributed by atoms with Crippen LogP contribution in [0.5, 0.6) is 0 Å². The number of aromatic nitrogens is 7. The van der Waals surface area contributed by atoms with Gasteiger partial charge in [-0.1, -0.05) is 29.8 Å². The third-order valence-electron chi connectivity index (χ3n) is 5.74. The first-order chi connectivity index (χ1) is 15.6. The van der Waals surface area contributed by atoms with E-state index in [2.05, 4.69) is 20.0 Å². The molecule has 2 N–H and O–H groups in total. The van der Waals surface area contributed by atoms with Crippen LogP contribution in [-0.4, -0.2) is 40.3 Å². The van der Waals surface area contributed by atoms with E-state index in [1.54, 1.807) is 38.1 Å². The Bertz CT molecular complexity index is 1520. The minimum absolute atomic E-state index is 0.166. The number of fused-ring (bicyclic) bond motifs is 2. The highest BCUT2D eigenvalue weighted by molar-refractivity contribution is 6.33. The number of benzene rings is 1. The van der Waals surface area contributed by atoms with Gasteiger partial charge in [0.15, 0.2) is 11.5 Å². The molecular formula is C21H18ClN9O. The van der Waals surface area contributed by atoms with Crippen molar-refractivity contribution in [2.45, 2.75) is 18.9 Å². The van der Waals surface area contributed by atoms with Crippen molar-refractivity contribution < 1.29 is 0 Å². The maximum Gasteiger partial charge on any atom is 0.284 e. The molecule has 4 aromatic heterocycles. The van der Waals surface area contributed by atoms with Crippen LogP contribution in [0.2, 0.25) is 5.02 Å².